The van der Waals surface area contributed by atoms with E-state index >= 15 is 0 Å². The van der Waals surface area contributed by atoms with E-state index in [-0.39, 0.29) is 11.9 Å². The van der Waals surface area contributed by atoms with Crippen LogP contribution in [0.2, 0.25) is 0 Å². The molecule has 3 heterocycles. The Kier molecular flexibility index (Phi) is 4.92. The van der Waals surface area contributed by atoms with E-state index in [2.05, 4.69) is 4.99 Å². The second kappa shape index (κ2) is 7.13. The van der Waals surface area contributed by atoms with Gasteiger partial charge in [-0.2, -0.15) is 0 Å². The first-order chi connectivity index (χ1) is 12.1. The van der Waals surface area contributed by atoms with Crippen molar-refractivity contribution in [1.29, 1.82) is 0 Å². The van der Waals surface area contributed by atoms with Crippen LogP contribution < -0.4 is 0 Å². The zero-order valence-electron chi connectivity index (χ0n) is 14.9. The SMILES string of the molecule is CCCN1C(=O)C2C(N=C(/C=C/c3ccoc3)N2C)N(CCC)C1=O. The predicted octanol–water partition coefficient (Wildman–Crippen LogP) is 2.42. The summed E-state index contributed by atoms with van der Waals surface area (Å²) in [5, 5.41) is 0. The Balaban J connectivity index is 1.89. The van der Waals surface area contributed by atoms with E-state index in [1.165, 1.54) is 4.90 Å². The van der Waals surface area contributed by atoms with Gasteiger partial charge in [0.15, 0.2) is 12.2 Å². The van der Waals surface area contributed by atoms with Crippen molar-refractivity contribution in [1.82, 2.24) is 14.7 Å². The fraction of sp³-hybridized carbons (Fsp3) is 0.500. The summed E-state index contributed by atoms with van der Waals surface area (Å²) in [5.41, 5.74) is 0.923. The molecule has 0 aromatic carbocycles. The maximum absolute atomic E-state index is 12.9. The molecule has 1 aromatic rings. The molecule has 0 saturated carbocycles. The van der Waals surface area contributed by atoms with Crippen molar-refractivity contribution < 1.29 is 14.0 Å². The molecule has 2 aliphatic heterocycles. The average molecular weight is 344 g/mol. The van der Waals surface area contributed by atoms with Gasteiger partial charge in [0.1, 0.15) is 5.84 Å². The van der Waals surface area contributed by atoms with Crippen LogP contribution in [0.1, 0.15) is 32.3 Å². The number of nitrogens with zero attached hydrogens (tertiary/aromatic N) is 4. The Morgan fingerprint density at radius 3 is 2.60 bits per heavy atom. The molecule has 7 nitrogen and oxygen atoms in total. The molecule has 0 aliphatic carbocycles. The Morgan fingerprint density at radius 2 is 1.96 bits per heavy atom. The van der Waals surface area contributed by atoms with Crippen LogP contribution in [0, 0.1) is 0 Å². The first kappa shape index (κ1) is 17.3. The third-order valence-corrected chi connectivity index (χ3v) is 4.52. The largest absolute Gasteiger partial charge is 0.472 e. The lowest BCUT2D eigenvalue weighted by Gasteiger charge is -2.42. The van der Waals surface area contributed by atoms with Crippen LogP contribution in [-0.4, -0.2) is 64.8 Å². The topological polar surface area (TPSA) is 69.4 Å². The van der Waals surface area contributed by atoms with Gasteiger partial charge in [-0.15, -0.1) is 0 Å². The van der Waals surface area contributed by atoms with Gasteiger partial charge in [-0.25, -0.2) is 9.79 Å². The first-order valence-corrected chi connectivity index (χ1v) is 8.71. The van der Waals surface area contributed by atoms with E-state index in [1.54, 1.807) is 17.4 Å². The zero-order chi connectivity index (χ0) is 18.0. The highest BCUT2D eigenvalue weighted by Gasteiger charge is 2.51. The predicted molar refractivity (Wildman–Crippen MR) is 94.9 cm³/mol. The van der Waals surface area contributed by atoms with Crippen LogP contribution in [0.4, 0.5) is 4.79 Å². The molecule has 0 radical (unpaired) electrons. The number of likely N-dealkylation sites (N-methyl/N-ethyl adjacent to an activating group) is 1. The van der Waals surface area contributed by atoms with Crippen molar-refractivity contribution in [3.8, 4) is 0 Å². The van der Waals surface area contributed by atoms with Crippen LogP contribution in [0.25, 0.3) is 6.08 Å². The Bertz CT molecular complexity index is 695. The second-order valence-corrected chi connectivity index (χ2v) is 6.31. The van der Waals surface area contributed by atoms with E-state index in [9.17, 15) is 9.59 Å². The lowest BCUT2D eigenvalue weighted by Crippen LogP contribution is -2.65. The summed E-state index contributed by atoms with van der Waals surface area (Å²) in [5.74, 6) is 0.527. The lowest BCUT2D eigenvalue weighted by atomic mass is 10.1. The van der Waals surface area contributed by atoms with E-state index in [0.717, 1.165) is 18.4 Å². The van der Waals surface area contributed by atoms with Crippen molar-refractivity contribution in [2.45, 2.75) is 38.9 Å². The minimum atomic E-state index is -0.459. The van der Waals surface area contributed by atoms with Gasteiger partial charge in [0, 0.05) is 25.7 Å². The van der Waals surface area contributed by atoms with Gasteiger partial charge >= 0.3 is 6.03 Å². The molecule has 134 valence electrons. The summed E-state index contributed by atoms with van der Waals surface area (Å²) in [6.45, 7) is 5.01. The molecule has 25 heavy (non-hydrogen) atoms. The van der Waals surface area contributed by atoms with Crippen molar-refractivity contribution in [3.63, 3.8) is 0 Å². The number of rotatable bonds is 6. The molecule has 2 unspecified atom stereocenters. The number of carbonyl (C=O) groups is 2. The maximum atomic E-state index is 12.9. The van der Waals surface area contributed by atoms with Crippen molar-refractivity contribution in [2.75, 3.05) is 20.1 Å². The molecular formula is C18H24N4O3. The van der Waals surface area contributed by atoms with Gasteiger partial charge in [-0.3, -0.25) is 14.6 Å². The first-order valence-electron chi connectivity index (χ1n) is 8.71. The number of urea groups is 1. The Morgan fingerprint density at radius 1 is 1.20 bits per heavy atom. The highest BCUT2D eigenvalue weighted by molar-refractivity contribution is 6.07. The smallest absolute Gasteiger partial charge is 0.328 e. The van der Waals surface area contributed by atoms with Gasteiger partial charge in [0.05, 0.1) is 12.5 Å². The van der Waals surface area contributed by atoms with Crippen LogP contribution in [0.5, 0.6) is 0 Å². The van der Waals surface area contributed by atoms with Gasteiger partial charge in [-0.1, -0.05) is 13.8 Å². The van der Waals surface area contributed by atoms with E-state index in [1.807, 2.05) is 44.0 Å². The van der Waals surface area contributed by atoms with Crippen molar-refractivity contribution in [3.05, 3.63) is 30.2 Å². The third kappa shape index (κ3) is 3.06. The minimum absolute atomic E-state index is 0.165. The minimum Gasteiger partial charge on any atom is -0.472 e. The molecular weight excluding hydrogens is 320 g/mol. The summed E-state index contributed by atoms with van der Waals surface area (Å²) in [7, 11) is 1.85. The van der Waals surface area contributed by atoms with E-state index in [0.29, 0.717) is 18.9 Å². The van der Waals surface area contributed by atoms with Gasteiger partial charge in [0.2, 0.25) is 0 Å². The molecule has 3 rings (SSSR count). The quantitative estimate of drug-likeness (QED) is 0.795. The fourth-order valence-corrected chi connectivity index (χ4v) is 3.29. The molecule has 1 saturated heterocycles. The lowest BCUT2D eigenvalue weighted by molar-refractivity contribution is -0.137. The van der Waals surface area contributed by atoms with Gasteiger partial charge in [0.25, 0.3) is 5.91 Å². The number of carbonyl (C=O) groups excluding carboxylic acids is 2. The normalized spacial score (nSPS) is 23.6. The van der Waals surface area contributed by atoms with Crippen molar-refractivity contribution >= 4 is 23.8 Å². The van der Waals surface area contributed by atoms with Crippen LogP contribution >= 0.6 is 0 Å². The number of hydrogen-bond donors (Lipinski definition) is 0. The van der Waals surface area contributed by atoms with E-state index in [4.69, 9.17) is 4.42 Å². The number of aliphatic imine (C=N–C) groups is 1. The highest BCUT2D eigenvalue weighted by atomic mass is 16.3. The molecule has 1 aromatic heterocycles. The summed E-state index contributed by atoms with van der Waals surface area (Å²) < 4.78 is 5.05. The number of imide groups is 1. The number of fused-ring (bicyclic) bond motifs is 1. The molecule has 0 spiro atoms. The van der Waals surface area contributed by atoms with Crippen LogP contribution in [0.15, 0.2) is 34.1 Å². The highest BCUT2D eigenvalue weighted by Crippen LogP contribution is 2.28. The monoisotopic (exact) mass is 344 g/mol. The number of hydrogen-bond acceptors (Lipinski definition) is 5. The molecule has 2 atom stereocenters. The van der Waals surface area contributed by atoms with Crippen LogP contribution in [-0.2, 0) is 4.79 Å². The number of amidine groups is 1. The summed E-state index contributed by atoms with van der Waals surface area (Å²) >= 11 is 0. The molecule has 0 N–H and O–H groups in total. The summed E-state index contributed by atoms with van der Waals surface area (Å²) in [4.78, 5) is 35.2. The summed E-state index contributed by atoms with van der Waals surface area (Å²) in [6, 6.07) is 1.16. The van der Waals surface area contributed by atoms with Gasteiger partial charge in [-0.05, 0) is 31.1 Å². The van der Waals surface area contributed by atoms with Crippen molar-refractivity contribution in [2.24, 2.45) is 4.99 Å². The molecule has 3 amide bonds. The molecule has 1 fully saturated rings. The molecule has 0 bridgehead atoms. The second-order valence-electron chi connectivity index (χ2n) is 6.31. The standard InChI is InChI=1S/C18H24N4O3/c1-4-9-21-16-15(17(23)22(10-5-2)18(21)24)20(3)14(19-16)7-6-13-8-11-25-12-13/h6-8,11-12,15-16H,4-5,9-10H2,1-3H3/b7-6+. The molecule has 7 heteroatoms. The van der Waals surface area contributed by atoms with E-state index < -0.39 is 12.2 Å². The number of amides is 3. The summed E-state index contributed by atoms with van der Waals surface area (Å²) in [6.07, 6.45) is 8.09. The zero-order valence-corrected chi connectivity index (χ0v) is 14.9. The molecule has 2 aliphatic rings. The van der Waals surface area contributed by atoms with Crippen LogP contribution in [0.3, 0.4) is 0 Å². The average Bonchev–Trinajstić information content (AvgIpc) is 3.22. The maximum Gasteiger partial charge on any atom is 0.328 e. The Labute approximate surface area is 147 Å². The van der Waals surface area contributed by atoms with Gasteiger partial charge < -0.3 is 9.32 Å². The fourth-order valence-electron chi connectivity index (χ4n) is 3.29. The Hall–Kier alpha value is -2.57. The number of furan rings is 1. The third-order valence-electron chi connectivity index (χ3n) is 4.52.